The van der Waals surface area contributed by atoms with E-state index in [0.29, 0.717) is 12.3 Å². The Kier molecular flexibility index (Phi) is 8.25. The maximum Gasteiger partial charge on any atom is 0.100 e. The number of rotatable bonds is 8. The summed E-state index contributed by atoms with van der Waals surface area (Å²) in [4.78, 5) is 0. The van der Waals surface area contributed by atoms with Crippen LogP contribution in [-0.2, 0) is 0 Å². The van der Waals surface area contributed by atoms with Gasteiger partial charge in [-0.1, -0.05) is 65.2 Å². The van der Waals surface area contributed by atoms with Crippen LogP contribution in [0.15, 0.2) is 0 Å². The summed E-state index contributed by atoms with van der Waals surface area (Å²) >= 11 is 0. The van der Waals surface area contributed by atoms with Crippen LogP contribution < -0.4 is 0 Å². The first kappa shape index (κ1) is 18.3. The van der Waals surface area contributed by atoms with E-state index >= 15 is 0 Å². The highest BCUT2D eigenvalue weighted by molar-refractivity contribution is 4.82. The maximum atomic E-state index is 13.5. The summed E-state index contributed by atoms with van der Waals surface area (Å²) < 4.78 is 13.5. The average molecular weight is 311 g/mol. The third-order valence-corrected chi connectivity index (χ3v) is 6.70. The van der Waals surface area contributed by atoms with Crippen molar-refractivity contribution >= 4 is 0 Å². The van der Waals surface area contributed by atoms with Gasteiger partial charge < -0.3 is 0 Å². The summed E-state index contributed by atoms with van der Waals surface area (Å²) in [5, 5.41) is 0. The van der Waals surface area contributed by atoms with Gasteiger partial charge in [-0.15, -0.1) is 0 Å². The number of unbranched alkanes of at least 4 members (excludes halogenated alkanes) is 2. The zero-order chi connectivity index (χ0) is 15.8. The van der Waals surface area contributed by atoms with E-state index in [9.17, 15) is 4.39 Å². The molecule has 0 aromatic heterocycles. The van der Waals surface area contributed by atoms with Crippen LogP contribution in [0.25, 0.3) is 0 Å². The van der Waals surface area contributed by atoms with E-state index < -0.39 is 6.17 Å². The van der Waals surface area contributed by atoms with Crippen LogP contribution in [0.5, 0.6) is 0 Å². The Morgan fingerprint density at radius 1 is 0.773 bits per heavy atom. The summed E-state index contributed by atoms with van der Waals surface area (Å²) in [6.45, 7) is 4.29. The van der Waals surface area contributed by atoms with Crippen molar-refractivity contribution in [2.24, 2.45) is 23.7 Å². The Morgan fingerprint density at radius 3 is 1.82 bits per heavy atom. The summed E-state index contributed by atoms with van der Waals surface area (Å²) in [6, 6.07) is 0. The highest BCUT2D eigenvalue weighted by atomic mass is 19.1. The molecule has 130 valence electrons. The molecule has 0 spiro atoms. The fraction of sp³-hybridized carbons (Fsp3) is 1.00. The van der Waals surface area contributed by atoms with E-state index in [1.807, 2.05) is 6.92 Å². The normalized spacial score (nSPS) is 34.5. The monoisotopic (exact) mass is 310 g/mol. The highest BCUT2D eigenvalue weighted by Gasteiger charge is 2.31. The van der Waals surface area contributed by atoms with Crippen molar-refractivity contribution in [3.63, 3.8) is 0 Å². The molecule has 0 aliphatic heterocycles. The molecule has 0 radical (unpaired) electrons. The molecule has 22 heavy (non-hydrogen) atoms. The van der Waals surface area contributed by atoms with Gasteiger partial charge in [0.15, 0.2) is 0 Å². The van der Waals surface area contributed by atoms with Crippen LogP contribution in [0.1, 0.15) is 104 Å². The Bertz CT molecular complexity index is 272. The van der Waals surface area contributed by atoms with Gasteiger partial charge in [0, 0.05) is 0 Å². The summed E-state index contributed by atoms with van der Waals surface area (Å²) in [7, 11) is 0. The van der Waals surface area contributed by atoms with E-state index in [4.69, 9.17) is 0 Å². The summed E-state index contributed by atoms with van der Waals surface area (Å²) in [5.41, 5.74) is 0. The molecule has 2 aliphatic rings. The third-order valence-electron chi connectivity index (χ3n) is 6.70. The van der Waals surface area contributed by atoms with Crippen molar-refractivity contribution in [1.29, 1.82) is 0 Å². The fourth-order valence-electron chi connectivity index (χ4n) is 5.06. The molecule has 1 unspecified atom stereocenters. The van der Waals surface area contributed by atoms with Gasteiger partial charge in [-0.05, 0) is 62.2 Å². The van der Waals surface area contributed by atoms with Crippen LogP contribution in [-0.4, -0.2) is 6.17 Å². The third kappa shape index (κ3) is 5.85. The second kappa shape index (κ2) is 9.93. The molecule has 0 heterocycles. The van der Waals surface area contributed by atoms with Gasteiger partial charge in [0.2, 0.25) is 0 Å². The van der Waals surface area contributed by atoms with E-state index in [1.54, 1.807) is 0 Å². The largest absolute Gasteiger partial charge is 0.247 e. The number of alkyl halides is 1. The summed E-state index contributed by atoms with van der Waals surface area (Å²) in [5.74, 6) is 3.72. The lowest BCUT2D eigenvalue weighted by Crippen LogP contribution is -2.26. The Hall–Kier alpha value is -0.0700. The van der Waals surface area contributed by atoms with Crippen LogP contribution in [0.3, 0.4) is 0 Å². The standard InChI is InChI=1S/C21H39F/c1-3-5-6-7-17-8-12-19(13-9-17)20-14-10-18(11-15-20)16-21(22)4-2/h17-21H,3-16H2,1-2H3. The van der Waals surface area contributed by atoms with Gasteiger partial charge in [0.1, 0.15) is 6.17 Å². The Balaban J connectivity index is 1.62. The first-order valence-corrected chi connectivity index (χ1v) is 10.4. The Labute approximate surface area is 138 Å². The molecule has 2 fully saturated rings. The lowest BCUT2D eigenvalue weighted by Gasteiger charge is -2.38. The minimum atomic E-state index is -0.542. The second-order valence-corrected chi connectivity index (χ2v) is 8.30. The highest BCUT2D eigenvalue weighted by Crippen LogP contribution is 2.43. The topological polar surface area (TPSA) is 0 Å². The Morgan fingerprint density at radius 2 is 1.32 bits per heavy atom. The van der Waals surface area contributed by atoms with Crippen molar-refractivity contribution in [3.8, 4) is 0 Å². The minimum absolute atomic E-state index is 0.542. The lowest BCUT2D eigenvalue weighted by molar-refractivity contribution is 0.128. The maximum absolute atomic E-state index is 13.5. The van der Waals surface area contributed by atoms with Crippen molar-refractivity contribution in [2.45, 2.75) is 110 Å². The quantitative estimate of drug-likeness (QED) is 0.412. The molecule has 0 amide bonds. The van der Waals surface area contributed by atoms with Crippen LogP contribution in [0.2, 0.25) is 0 Å². The molecule has 1 heteroatoms. The van der Waals surface area contributed by atoms with E-state index in [-0.39, 0.29) is 0 Å². The fourth-order valence-corrected chi connectivity index (χ4v) is 5.06. The second-order valence-electron chi connectivity index (χ2n) is 8.30. The molecule has 0 bridgehead atoms. The van der Waals surface area contributed by atoms with Crippen LogP contribution >= 0.6 is 0 Å². The van der Waals surface area contributed by atoms with Gasteiger partial charge in [0.25, 0.3) is 0 Å². The average Bonchev–Trinajstić information content (AvgIpc) is 2.56. The van der Waals surface area contributed by atoms with Gasteiger partial charge in [-0.2, -0.15) is 0 Å². The molecule has 2 saturated carbocycles. The summed E-state index contributed by atoms with van der Waals surface area (Å²) in [6.07, 6.45) is 18.1. The van der Waals surface area contributed by atoms with Crippen molar-refractivity contribution in [2.75, 3.05) is 0 Å². The zero-order valence-corrected chi connectivity index (χ0v) is 15.2. The number of halogens is 1. The van der Waals surface area contributed by atoms with Crippen molar-refractivity contribution < 1.29 is 4.39 Å². The molecular weight excluding hydrogens is 271 g/mol. The predicted molar refractivity (Wildman–Crippen MR) is 94.8 cm³/mol. The minimum Gasteiger partial charge on any atom is -0.247 e. The molecule has 2 aliphatic carbocycles. The molecule has 2 rings (SSSR count). The van der Waals surface area contributed by atoms with E-state index in [0.717, 1.165) is 24.2 Å². The van der Waals surface area contributed by atoms with Gasteiger partial charge in [-0.3, -0.25) is 0 Å². The predicted octanol–water partition coefficient (Wildman–Crippen LogP) is 7.32. The zero-order valence-electron chi connectivity index (χ0n) is 15.2. The van der Waals surface area contributed by atoms with Crippen molar-refractivity contribution in [3.05, 3.63) is 0 Å². The van der Waals surface area contributed by atoms with E-state index in [1.165, 1.54) is 77.0 Å². The van der Waals surface area contributed by atoms with Crippen LogP contribution in [0.4, 0.5) is 4.39 Å². The van der Waals surface area contributed by atoms with E-state index in [2.05, 4.69) is 6.92 Å². The molecule has 0 N–H and O–H groups in total. The molecule has 1 atom stereocenters. The molecule has 0 aromatic carbocycles. The smallest absolute Gasteiger partial charge is 0.100 e. The first-order valence-electron chi connectivity index (χ1n) is 10.4. The van der Waals surface area contributed by atoms with Crippen molar-refractivity contribution in [1.82, 2.24) is 0 Å². The molecular formula is C21H39F. The molecule has 0 saturated heterocycles. The van der Waals surface area contributed by atoms with Crippen LogP contribution in [0, 0.1) is 23.7 Å². The lowest BCUT2D eigenvalue weighted by atomic mass is 9.68. The van der Waals surface area contributed by atoms with Gasteiger partial charge in [0.05, 0.1) is 0 Å². The number of hydrogen-bond acceptors (Lipinski definition) is 0. The number of hydrogen-bond donors (Lipinski definition) is 0. The molecule has 0 nitrogen and oxygen atoms in total. The molecule has 0 aromatic rings. The SMILES string of the molecule is CCCCCC1CCC(C2CCC(CC(F)CC)CC2)CC1. The first-order chi connectivity index (χ1) is 10.7. The van der Waals surface area contributed by atoms with Gasteiger partial charge >= 0.3 is 0 Å². The van der Waals surface area contributed by atoms with Gasteiger partial charge in [-0.25, -0.2) is 4.39 Å².